The van der Waals surface area contributed by atoms with Crippen molar-refractivity contribution >= 4 is 23.5 Å². The summed E-state index contributed by atoms with van der Waals surface area (Å²) in [6, 6.07) is 22.5. The van der Waals surface area contributed by atoms with Crippen LogP contribution in [0.4, 0.5) is 11.5 Å². The van der Waals surface area contributed by atoms with E-state index in [-0.39, 0.29) is 11.9 Å². The first-order valence-electron chi connectivity index (χ1n) is 11.1. The van der Waals surface area contributed by atoms with Crippen LogP contribution < -0.4 is 15.1 Å². The van der Waals surface area contributed by atoms with Gasteiger partial charge in [-0.3, -0.25) is 4.79 Å². The third-order valence-electron chi connectivity index (χ3n) is 5.82. The molecule has 2 aromatic carbocycles. The molecule has 5 heteroatoms. The maximum atomic E-state index is 12.4. The fourth-order valence-electron chi connectivity index (χ4n) is 4.02. The van der Waals surface area contributed by atoms with Gasteiger partial charge in [0.15, 0.2) is 0 Å². The Bertz CT molecular complexity index is 1070. The lowest BCUT2D eigenvalue weighted by Gasteiger charge is -2.37. The van der Waals surface area contributed by atoms with Crippen LogP contribution in [-0.4, -0.2) is 37.1 Å². The number of nitrogens with zero attached hydrogens (tertiary/aromatic N) is 3. The summed E-state index contributed by atoms with van der Waals surface area (Å²) in [6.07, 6.45) is 5.30. The molecule has 3 aromatic rings. The standard InChI is InChI=1S/C27H30N4O/c1-21-7-5-8-23(19-21)12-13-27(32)29-22(2)24-9-6-10-25(20-24)30-15-17-31(18-16-30)26-11-3-4-14-28-26/h3-14,19-20,22H,15-18H2,1-2H3,(H,29,32)/t22-/m0/s1. The zero-order valence-corrected chi connectivity index (χ0v) is 18.7. The van der Waals surface area contributed by atoms with Crippen molar-refractivity contribution in [2.24, 2.45) is 0 Å². The monoisotopic (exact) mass is 426 g/mol. The number of aromatic nitrogens is 1. The number of anilines is 2. The van der Waals surface area contributed by atoms with Crippen LogP contribution in [0.25, 0.3) is 6.08 Å². The maximum absolute atomic E-state index is 12.4. The number of benzene rings is 2. The first-order chi connectivity index (χ1) is 15.6. The van der Waals surface area contributed by atoms with E-state index in [0.717, 1.165) is 43.1 Å². The number of pyridine rings is 1. The first kappa shape index (κ1) is 21.6. The summed E-state index contributed by atoms with van der Waals surface area (Å²) in [6.45, 7) is 7.84. The zero-order valence-electron chi connectivity index (χ0n) is 18.7. The third kappa shape index (κ3) is 5.55. The van der Waals surface area contributed by atoms with Crippen LogP contribution in [0.5, 0.6) is 0 Å². The Hall–Kier alpha value is -3.60. The normalized spacial score (nSPS) is 15.1. The van der Waals surface area contributed by atoms with Gasteiger partial charge in [0.05, 0.1) is 6.04 Å². The van der Waals surface area contributed by atoms with Crippen LogP contribution in [-0.2, 0) is 4.79 Å². The number of nitrogens with one attached hydrogen (secondary N) is 1. The first-order valence-corrected chi connectivity index (χ1v) is 11.1. The van der Waals surface area contributed by atoms with Gasteiger partial charge in [-0.2, -0.15) is 0 Å². The lowest BCUT2D eigenvalue weighted by atomic mass is 10.1. The highest BCUT2D eigenvalue weighted by atomic mass is 16.1. The molecule has 1 amide bonds. The van der Waals surface area contributed by atoms with E-state index in [2.05, 4.69) is 56.5 Å². The molecule has 0 aliphatic carbocycles. The Morgan fingerprint density at radius 1 is 0.969 bits per heavy atom. The number of rotatable bonds is 6. The zero-order chi connectivity index (χ0) is 22.3. The predicted octanol–water partition coefficient (Wildman–Crippen LogP) is 4.61. The molecule has 1 atom stereocenters. The van der Waals surface area contributed by atoms with Crippen LogP contribution in [0, 0.1) is 6.92 Å². The van der Waals surface area contributed by atoms with E-state index in [9.17, 15) is 4.79 Å². The van der Waals surface area contributed by atoms with Gasteiger partial charge in [0.25, 0.3) is 0 Å². The summed E-state index contributed by atoms with van der Waals surface area (Å²) in [4.78, 5) is 21.6. The van der Waals surface area contributed by atoms with Crippen molar-refractivity contribution in [1.29, 1.82) is 0 Å². The van der Waals surface area contributed by atoms with Gasteiger partial charge in [-0.25, -0.2) is 4.98 Å². The molecule has 2 heterocycles. The molecule has 0 radical (unpaired) electrons. The summed E-state index contributed by atoms with van der Waals surface area (Å²) in [5.41, 5.74) is 4.50. The van der Waals surface area contributed by atoms with E-state index in [4.69, 9.17) is 0 Å². The summed E-state index contributed by atoms with van der Waals surface area (Å²) >= 11 is 0. The average molecular weight is 427 g/mol. The van der Waals surface area contributed by atoms with Crippen LogP contribution in [0.15, 0.2) is 79.0 Å². The molecule has 0 unspecified atom stereocenters. The smallest absolute Gasteiger partial charge is 0.244 e. The Balaban J connectivity index is 1.34. The molecule has 1 fully saturated rings. The third-order valence-corrected chi connectivity index (χ3v) is 5.82. The van der Waals surface area contributed by atoms with Gasteiger partial charge in [-0.05, 0) is 55.3 Å². The summed E-state index contributed by atoms with van der Waals surface area (Å²) < 4.78 is 0. The molecular formula is C27H30N4O. The molecule has 1 saturated heterocycles. The molecular weight excluding hydrogens is 396 g/mol. The highest BCUT2D eigenvalue weighted by Gasteiger charge is 2.19. The van der Waals surface area contributed by atoms with Gasteiger partial charge < -0.3 is 15.1 Å². The molecule has 1 aliphatic rings. The van der Waals surface area contributed by atoms with E-state index < -0.39 is 0 Å². The quantitative estimate of drug-likeness (QED) is 0.585. The number of hydrogen-bond donors (Lipinski definition) is 1. The lowest BCUT2D eigenvalue weighted by molar-refractivity contribution is -0.117. The fourth-order valence-corrected chi connectivity index (χ4v) is 4.02. The Morgan fingerprint density at radius 3 is 2.50 bits per heavy atom. The number of hydrogen-bond acceptors (Lipinski definition) is 4. The van der Waals surface area contributed by atoms with Crippen molar-refractivity contribution in [1.82, 2.24) is 10.3 Å². The lowest BCUT2D eigenvalue weighted by Crippen LogP contribution is -2.46. The molecule has 164 valence electrons. The molecule has 32 heavy (non-hydrogen) atoms. The number of carbonyl (C=O) groups is 1. The molecule has 1 aromatic heterocycles. The van der Waals surface area contributed by atoms with Crippen molar-refractivity contribution in [2.45, 2.75) is 19.9 Å². The van der Waals surface area contributed by atoms with Crippen LogP contribution in [0.1, 0.15) is 29.7 Å². The molecule has 5 nitrogen and oxygen atoms in total. The Morgan fingerprint density at radius 2 is 1.75 bits per heavy atom. The van der Waals surface area contributed by atoms with Crippen LogP contribution >= 0.6 is 0 Å². The minimum Gasteiger partial charge on any atom is -0.368 e. The predicted molar refractivity (Wildman–Crippen MR) is 132 cm³/mol. The van der Waals surface area contributed by atoms with Gasteiger partial charge in [0, 0.05) is 44.1 Å². The van der Waals surface area contributed by atoms with E-state index >= 15 is 0 Å². The van der Waals surface area contributed by atoms with Gasteiger partial charge in [-0.15, -0.1) is 0 Å². The van der Waals surface area contributed by atoms with Crippen molar-refractivity contribution in [3.05, 3.63) is 95.7 Å². The largest absolute Gasteiger partial charge is 0.368 e. The van der Waals surface area contributed by atoms with Crippen molar-refractivity contribution in [3.63, 3.8) is 0 Å². The minimum absolute atomic E-state index is 0.0700. The maximum Gasteiger partial charge on any atom is 0.244 e. The summed E-state index contributed by atoms with van der Waals surface area (Å²) in [5.74, 6) is 0.948. The van der Waals surface area contributed by atoms with Crippen molar-refractivity contribution in [2.75, 3.05) is 36.0 Å². The highest BCUT2D eigenvalue weighted by molar-refractivity contribution is 5.92. The van der Waals surface area contributed by atoms with Gasteiger partial charge in [-0.1, -0.05) is 48.0 Å². The molecule has 4 rings (SSSR count). The summed E-state index contributed by atoms with van der Waals surface area (Å²) in [7, 11) is 0. The molecule has 1 N–H and O–H groups in total. The van der Waals surface area contributed by atoms with E-state index in [0.29, 0.717) is 0 Å². The molecule has 0 bridgehead atoms. The summed E-state index contributed by atoms with van der Waals surface area (Å²) in [5, 5.41) is 3.08. The fraction of sp³-hybridized carbons (Fsp3) is 0.259. The number of aryl methyl sites for hydroxylation is 1. The Kier molecular flexibility index (Phi) is 6.85. The van der Waals surface area contributed by atoms with Gasteiger partial charge in [0.1, 0.15) is 5.82 Å². The number of piperazine rings is 1. The highest BCUT2D eigenvalue weighted by Crippen LogP contribution is 2.23. The van der Waals surface area contributed by atoms with E-state index in [1.807, 2.05) is 56.5 Å². The van der Waals surface area contributed by atoms with Crippen LogP contribution in [0.2, 0.25) is 0 Å². The second-order valence-electron chi connectivity index (χ2n) is 8.23. The molecule has 0 spiro atoms. The molecule has 0 saturated carbocycles. The number of carbonyl (C=O) groups excluding carboxylic acids is 1. The second kappa shape index (κ2) is 10.1. The molecule has 1 aliphatic heterocycles. The Labute approximate surface area is 190 Å². The van der Waals surface area contributed by atoms with E-state index in [1.165, 1.54) is 11.3 Å². The topological polar surface area (TPSA) is 48.5 Å². The van der Waals surface area contributed by atoms with Crippen molar-refractivity contribution < 1.29 is 4.79 Å². The SMILES string of the molecule is Cc1cccc(C=CC(=O)N[C@@H](C)c2cccc(N3CCN(c4ccccn4)CC3)c2)c1. The van der Waals surface area contributed by atoms with Gasteiger partial charge >= 0.3 is 0 Å². The number of amides is 1. The van der Waals surface area contributed by atoms with E-state index in [1.54, 1.807) is 6.08 Å². The van der Waals surface area contributed by atoms with Crippen molar-refractivity contribution in [3.8, 4) is 0 Å². The van der Waals surface area contributed by atoms with Crippen LogP contribution in [0.3, 0.4) is 0 Å². The minimum atomic E-state index is -0.0895. The average Bonchev–Trinajstić information content (AvgIpc) is 2.83. The second-order valence-corrected chi connectivity index (χ2v) is 8.23. The van der Waals surface area contributed by atoms with Gasteiger partial charge in [0.2, 0.25) is 5.91 Å².